The normalized spacial score (nSPS) is 14.7. The summed E-state index contributed by atoms with van der Waals surface area (Å²) >= 11 is 0. The molecule has 0 atom stereocenters. The maximum Gasteiger partial charge on any atom is 0.289 e. The van der Waals surface area contributed by atoms with Gasteiger partial charge in [0.2, 0.25) is 0 Å². The molecule has 6 heteroatoms. The Balaban J connectivity index is 1.88. The van der Waals surface area contributed by atoms with E-state index in [-0.39, 0.29) is 17.9 Å². The molecule has 1 aliphatic rings. The lowest BCUT2D eigenvalue weighted by molar-refractivity contribution is -0.126. The molecule has 1 aliphatic heterocycles. The number of hydrogen-bond donors (Lipinski definition) is 1. The quantitative estimate of drug-likeness (QED) is 0.880. The number of carbonyl (C=O) groups is 2. The summed E-state index contributed by atoms with van der Waals surface area (Å²) in [5.41, 5.74) is 1.13. The van der Waals surface area contributed by atoms with Gasteiger partial charge in [-0.2, -0.15) is 0 Å². The zero-order valence-corrected chi connectivity index (χ0v) is 12.4. The molecule has 118 valence electrons. The van der Waals surface area contributed by atoms with E-state index in [0.29, 0.717) is 17.7 Å². The average molecular weight is 315 g/mol. The molecule has 1 aromatic carbocycles. The molecular formula is C17H14FNO4. The number of amides is 1. The van der Waals surface area contributed by atoms with Crippen LogP contribution >= 0.6 is 0 Å². The molecule has 1 amide bonds. The number of aliphatic hydroxyl groups excluding tert-OH is 1. The molecule has 0 spiro atoms. The van der Waals surface area contributed by atoms with E-state index in [2.05, 4.69) is 0 Å². The number of likely N-dealkylation sites (N-methyl/N-ethyl adjacent to an activating group) is 1. The first-order valence-electron chi connectivity index (χ1n) is 7.00. The Morgan fingerprint density at radius 1 is 1.30 bits per heavy atom. The number of Topliss-reactive ketones (excluding diaryl/α,β-unsaturated/α-hetero) is 1. The molecule has 0 aliphatic carbocycles. The van der Waals surface area contributed by atoms with Crippen LogP contribution in [0.2, 0.25) is 0 Å². The summed E-state index contributed by atoms with van der Waals surface area (Å²) in [5.74, 6) is -1.47. The first-order chi connectivity index (χ1) is 11.0. The molecule has 0 saturated carbocycles. The van der Waals surface area contributed by atoms with Crippen LogP contribution in [-0.4, -0.2) is 35.3 Å². The van der Waals surface area contributed by atoms with Crippen molar-refractivity contribution in [1.29, 1.82) is 0 Å². The Bertz CT molecular complexity index is 804. The molecule has 2 heterocycles. The zero-order valence-electron chi connectivity index (χ0n) is 12.4. The number of benzene rings is 1. The van der Waals surface area contributed by atoms with Crippen molar-refractivity contribution in [3.63, 3.8) is 0 Å². The van der Waals surface area contributed by atoms with E-state index in [1.54, 1.807) is 12.1 Å². The topological polar surface area (TPSA) is 70.8 Å². The van der Waals surface area contributed by atoms with Crippen LogP contribution in [0, 0.1) is 5.82 Å². The fourth-order valence-corrected chi connectivity index (χ4v) is 2.50. The summed E-state index contributed by atoms with van der Waals surface area (Å²) < 4.78 is 18.3. The molecule has 0 fully saturated rings. The first-order valence-corrected chi connectivity index (χ1v) is 7.00. The van der Waals surface area contributed by atoms with E-state index >= 15 is 0 Å². The second kappa shape index (κ2) is 5.72. The van der Waals surface area contributed by atoms with E-state index in [0.717, 1.165) is 5.56 Å². The number of hydrogen-bond acceptors (Lipinski definition) is 4. The van der Waals surface area contributed by atoms with Crippen LogP contribution in [0.3, 0.4) is 0 Å². The first kappa shape index (κ1) is 15.0. The fourth-order valence-electron chi connectivity index (χ4n) is 2.50. The summed E-state index contributed by atoms with van der Waals surface area (Å²) in [6.07, 6.45) is 1.69. The predicted molar refractivity (Wildman–Crippen MR) is 79.5 cm³/mol. The number of ketones is 1. The molecule has 0 radical (unpaired) electrons. The van der Waals surface area contributed by atoms with E-state index in [1.165, 1.54) is 36.4 Å². The summed E-state index contributed by atoms with van der Waals surface area (Å²) in [6, 6.07) is 7.38. The Hall–Kier alpha value is -2.89. The van der Waals surface area contributed by atoms with Gasteiger partial charge in [-0.05, 0) is 23.8 Å². The molecule has 5 nitrogen and oxygen atoms in total. The maximum absolute atomic E-state index is 12.9. The lowest BCUT2D eigenvalue weighted by Crippen LogP contribution is -2.22. The fraction of sp³-hybridized carbons (Fsp3) is 0.176. The molecular weight excluding hydrogens is 301 g/mol. The van der Waals surface area contributed by atoms with Crippen LogP contribution in [0.1, 0.15) is 21.7 Å². The number of rotatable bonds is 4. The van der Waals surface area contributed by atoms with Crippen LogP contribution in [0.5, 0.6) is 0 Å². The van der Waals surface area contributed by atoms with Gasteiger partial charge < -0.3 is 14.4 Å². The van der Waals surface area contributed by atoms with Crippen LogP contribution in [-0.2, 0) is 11.2 Å². The van der Waals surface area contributed by atoms with E-state index in [9.17, 15) is 19.1 Å². The van der Waals surface area contributed by atoms with Crippen molar-refractivity contribution in [2.45, 2.75) is 6.42 Å². The van der Waals surface area contributed by atoms with Crippen LogP contribution in [0.25, 0.3) is 0 Å². The molecule has 1 aromatic heterocycles. The van der Waals surface area contributed by atoms with Crippen molar-refractivity contribution < 1.29 is 23.5 Å². The number of carbonyl (C=O) groups excluding carboxylic acids is 2. The highest BCUT2D eigenvalue weighted by Gasteiger charge is 2.33. The van der Waals surface area contributed by atoms with Gasteiger partial charge in [-0.25, -0.2) is 4.39 Å². The monoisotopic (exact) mass is 315 g/mol. The van der Waals surface area contributed by atoms with Crippen molar-refractivity contribution in [2.75, 3.05) is 13.6 Å². The van der Waals surface area contributed by atoms with Gasteiger partial charge >= 0.3 is 0 Å². The molecule has 23 heavy (non-hydrogen) atoms. The van der Waals surface area contributed by atoms with Crippen LogP contribution in [0.4, 0.5) is 4.39 Å². The van der Waals surface area contributed by atoms with Gasteiger partial charge in [-0.1, -0.05) is 12.1 Å². The SMILES string of the molecule is CN1CC(C(=O)c2ccoc2Cc2ccc(F)cc2)=C(O)C1=O. The number of halogens is 1. The highest BCUT2D eigenvalue weighted by atomic mass is 19.1. The largest absolute Gasteiger partial charge is 0.503 e. The lowest BCUT2D eigenvalue weighted by atomic mass is 10.0. The number of furan rings is 1. The Labute approximate surface area is 131 Å². The van der Waals surface area contributed by atoms with Crippen LogP contribution in [0.15, 0.2) is 52.3 Å². The smallest absolute Gasteiger partial charge is 0.289 e. The third-order valence-electron chi connectivity index (χ3n) is 3.77. The molecule has 1 N–H and O–H groups in total. The third kappa shape index (κ3) is 2.75. The van der Waals surface area contributed by atoms with Gasteiger partial charge in [0, 0.05) is 13.5 Å². The van der Waals surface area contributed by atoms with Crippen molar-refractivity contribution in [3.8, 4) is 0 Å². The summed E-state index contributed by atoms with van der Waals surface area (Å²) in [6.45, 7) is 0.0602. The van der Waals surface area contributed by atoms with Crippen molar-refractivity contribution in [1.82, 2.24) is 4.90 Å². The van der Waals surface area contributed by atoms with Gasteiger partial charge in [0.25, 0.3) is 5.91 Å². The van der Waals surface area contributed by atoms with Gasteiger partial charge in [-0.15, -0.1) is 0 Å². The van der Waals surface area contributed by atoms with Crippen molar-refractivity contribution in [2.24, 2.45) is 0 Å². The molecule has 3 rings (SSSR count). The molecule has 0 bridgehead atoms. The summed E-state index contributed by atoms with van der Waals surface area (Å²) in [5, 5.41) is 9.80. The summed E-state index contributed by atoms with van der Waals surface area (Å²) in [4.78, 5) is 25.4. The van der Waals surface area contributed by atoms with E-state index in [4.69, 9.17) is 4.42 Å². The molecule has 0 saturated heterocycles. The van der Waals surface area contributed by atoms with E-state index < -0.39 is 17.4 Å². The van der Waals surface area contributed by atoms with E-state index in [1.807, 2.05) is 0 Å². The summed E-state index contributed by atoms with van der Waals surface area (Å²) in [7, 11) is 1.51. The highest BCUT2D eigenvalue weighted by Crippen LogP contribution is 2.24. The Morgan fingerprint density at radius 3 is 2.61 bits per heavy atom. The highest BCUT2D eigenvalue weighted by molar-refractivity contribution is 6.15. The van der Waals surface area contributed by atoms with Gasteiger partial charge in [0.15, 0.2) is 11.5 Å². The minimum atomic E-state index is -0.572. The maximum atomic E-state index is 12.9. The minimum absolute atomic E-state index is 0.0549. The predicted octanol–water partition coefficient (Wildman–Crippen LogP) is 2.48. The number of aliphatic hydroxyl groups is 1. The van der Waals surface area contributed by atoms with Crippen molar-refractivity contribution in [3.05, 3.63) is 70.6 Å². The zero-order chi connectivity index (χ0) is 16.6. The minimum Gasteiger partial charge on any atom is -0.503 e. The van der Waals surface area contributed by atoms with Gasteiger partial charge in [0.05, 0.1) is 23.9 Å². The average Bonchev–Trinajstić information content (AvgIpc) is 3.09. The third-order valence-corrected chi connectivity index (χ3v) is 3.77. The Kier molecular flexibility index (Phi) is 3.73. The van der Waals surface area contributed by atoms with Gasteiger partial charge in [0.1, 0.15) is 11.6 Å². The van der Waals surface area contributed by atoms with Crippen LogP contribution < -0.4 is 0 Å². The second-order valence-electron chi connectivity index (χ2n) is 5.38. The lowest BCUT2D eigenvalue weighted by Gasteiger charge is -2.07. The van der Waals surface area contributed by atoms with Gasteiger partial charge in [-0.3, -0.25) is 9.59 Å². The van der Waals surface area contributed by atoms with Crippen molar-refractivity contribution >= 4 is 11.7 Å². The Morgan fingerprint density at radius 2 is 2.00 bits per heavy atom. The second-order valence-corrected chi connectivity index (χ2v) is 5.38. The molecule has 0 unspecified atom stereocenters. The number of nitrogens with zero attached hydrogens (tertiary/aromatic N) is 1. The molecule has 2 aromatic rings. The standard InChI is InChI=1S/C17H14FNO4/c1-19-9-13(16(21)17(19)22)15(20)12-6-7-23-14(12)8-10-2-4-11(18)5-3-10/h2-7,21H,8-9H2,1H3.